The van der Waals surface area contributed by atoms with Crippen LogP contribution in [-0.2, 0) is 0 Å². The Morgan fingerprint density at radius 3 is 2.71 bits per heavy atom. The van der Waals surface area contributed by atoms with Gasteiger partial charge in [-0.1, -0.05) is 18.2 Å². The van der Waals surface area contributed by atoms with Gasteiger partial charge in [0.05, 0.1) is 17.8 Å². The van der Waals surface area contributed by atoms with Gasteiger partial charge in [0.2, 0.25) is 5.89 Å². The van der Waals surface area contributed by atoms with E-state index in [9.17, 15) is 10.1 Å². The summed E-state index contributed by atoms with van der Waals surface area (Å²) < 4.78 is 5.85. The molecular formula is C20H14N2O2. The molecule has 0 unspecified atom stereocenters. The Bertz CT molecular complexity index is 962. The highest BCUT2D eigenvalue weighted by Crippen LogP contribution is 2.41. The predicted molar refractivity (Wildman–Crippen MR) is 89.5 cm³/mol. The lowest BCUT2D eigenvalue weighted by Crippen LogP contribution is -1.89. The third kappa shape index (κ3) is 2.61. The first-order valence-electron chi connectivity index (χ1n) is 7.84. The molecule has 0 spiro atoms. The third-order valence-electron chi connectivity index (χ3n) is 4.20. The Balaban J connectivity index is 1.83. The van der Waals surface area contributed by atoms with Crippen LogP contribution in [0.3, 0.4) is 0 Å². The maximum Gasteiger partial charge on any atom is 0.226 e. The van der Waals surface area contributed by atoms with Gasteiger partial charge in [0.15, 0.2) is 0 Å². The fraction of sp³-hybridized carbons (Fsp3) is 0.150. The summed E-state index contributed by atoms with van der Waals surface area (Å²) in [4.78, 5) is 15.7. The van der Waals surface area contributed by atoms with E-state index in [1.54, 1.807) is 24.4 Å². The maximum absolute atomic E-state index is 11.3. The van der Waals surface area contributed by atoms with Gasteiger partial charge in [-0.2, -0.15) is 5.26 Å². The number of oxazole rings is 1. The first kappa shape index (κ1) is 14.4. The largest absolute Gasteiger partial charge is 0.441 e. The number of rotatable bonds is 4. The van der Waals surface area contributed by atoms with E-state index in [4.69, 9.17) is 4.42 Å². The van der Waals surface area contributed by atoms with Gasteiger partial charge in [-0.05, 0) is 48.2 Å². The Labute approximate surface area is 139 Å². The number of aromatic nitrogens is 1. The van der Waals surface area contributed by atoms with Crippen LogP contribution in [0.5, 0.6) is 0 Å². The van der Waals surface area contributed by atoms with Gasteiger partial charge in [-0.15, -0.1) is 0 Å². The van der Waals surface area contributed by atoms with Crippen LogP contribution in [-0.4, -0.2) is 11.3 Å². The standard InChI is InChI=1S/C20H14N2O2/c21-10-15-3-1-2-4-18(15)16-7-13(12-23)8-17(9-16)20-22-11-19(24-20)14-5-6-14/h1-4,7-9,11-12,14H,5-6H2. The molecule has 3 aromatic rings. The van der Waals surface area contributed by atoms with Crippen molar-refractivity contribution in [1.82, 2.24) is 4.98 Å². The number of hydrogen-bond donors (Lipinski definition) is 0. The Hall–Kier alpha value is -3.19. The number of nitrogens with zero attached hydrogens (tertiary/aromatic N) is 2. The normalized spacial score (nSPS) is 13.5. The minimum atomic E-state index is 0.485. The molecule has 0 N–H and O–H groups in total. The zero-order valence-electron chi connectivity index (χ0n) is 12.9. The van der Waals surface area contributed by atoms with Crippen LogP contribution in [0.4, 0.5) is 0 Å². The van der Waals surface area contributed by atoms with Crippen LogP contribution >= 0.6 is 0 Å². The van der Waals surface area contributed by atoms with Gasteiger partial charge in [0, 0.05) is 17.0 Å². The van der Waals surface area contributed by atoms with Crippen molar-refractivity contribution in [3.05, 3.63) is 65.5 Å². The number of carbonyl (C=O) groups is 1. The molecule has 24 heavy (non-hydrogen) atoms. The molecule has 0 bridgehead atoms. The van der Waals surface area contributed by atoms with Crippen molar-refractivity contribution >= 4 is 6.29 Å². The number of aldehydes is 1. The molecule has 1 heterocycles. The monoisotopic (exact) mass is 314 g/mol. The second kappa shape index (κ2) is 5.78. The van der Waals surface area contributed by atoms with Crippen molar-refractivity contribution in [3.8, 4) is 28.7 Å². The Morgan fingerprint density at radius 2 is 1.96 bits per heavy atom. The molecule has 1 fully saturated rings. The summed E-state index contributed by atoms with van der Waals surface area (Å²) >= 11 is 0. The van der Waals surface area contributed by atoms with E-state index in [1.165, 1.54) is 0 Å². The first-order valence-corrected chi connectivity index (χ1v) is 7.84. The van der Waals surface area contributed by atoms with Crippen LogP contribution in [0.2, 0.25) is 0 Å². The summed E-state index contributed by atoms with van der Waals surface area (Å²) in [6.07, 6.45) is 4.85. The summed E-state index contributed by atoms with van der Waals surface area (Å²) in [5.41, 5.74) is 3.44. The Morgan fingerprint density at radius 1 is 1.17 bits per heavy atom. The van der Waals surface area contributed by atoms with E-state index in [0.717, 1.165) is 41.6 Å². The molecule has 1 saturated carbocycles. The van der Waals surface area contributed by atoms with Crippen LogP contribution in [0, 0.1) is 11.3 Å². The third-order valence-corrected chi connectivity index (χ3v) is 4.20. The first-order chi connectivity index (χ1) is 11.8. The highest BCUT2D eigenvalue weighted by Gasteiger charge is 2.27. The van der Waals surface area contributed by atoms with E-state index in [2.05, 4.69) is 11.1 Å². The van der Waals surface area contributed by atoms with Crippen LogP contribution in [0.25, 0.3) is 22.6 Å². The molecule has 1 aliphatic rings. The van der Waals surface area contributed by atoms with Gasteiger partial charge in [-0.3, -0.25) is 4.79 Å². The minimum Gasteiger partial charge on any atom is -0.441 e. The van der Waals surface area contributed by atoms with Gasteiger partial charge in [-0.25, -0.2) is 4.98 Å². The average molecular weight is 314 g/mol. The number of carbonyl (C=O) groups excluding carboxylic acids is 1. The van der Waals surface area contributed by atoms with E-state index < -0.39 is 0 Å². The number of hydrogen-bond acceptors (Lipinski definition) is 4. The fourth-order valence-electron chi connectivity index (χ4n) is 2.81. The zero-order valence-corrected chi connectivity index (χ0v) is 12.9. The molecule has 0 amide bonds. The molecule has 0 radical (unpaired) electrons. The summed E-state index contributed by atoms with van der Waals surface area (Å²) in [7, 11) is 0. The SMILES string of the molecule is N#Cc1ccccc1-c1cc(C=O)cc(-c2ncc(C3CC3)o2)c1. The molecule has 4 heteroatoms. The summed E-state index contributed by atoms with van der Waals surface area (Å²) in [5.74, 6) is 1.90. The van der Waals surface area contributed by atoms with Crippen LogP contribution in [0.15, 0.2) is 53.1 Å². The average Bonchev–Trinajstić information content (AvgIpc) is 3.38. The lowest BCUT2D eigenvalue weighted by Gasteiger charge is -2.07. The fourth-order valence-corrected chi connectivity index (χ4v) is 2.81. The zero-order chi connectivity index (χ0) is 16.5. The van der Waals surface area contributed by atoms with Gasteiger partial charge >= 0.3 is 0 Å². The van der Waals surface area contributed by atoms with Gasteiger partial charge in [0.1, 0.15) is 12.0 Å². The highest BCUT2D eigenvalue weighted by molar-refractivity contribution is 5.84. The minimum absolute atomic E-state index is 0.485. The van der Waals surface area contributed by atoms with Crippen molar-refractivity contribution in [2.24, 2.45) is 0 Å². The second-order valence-electron chi connectivity index (χ2n) is 5.96. The topological polar surface area (TPSA) is 66.9 Å². The molecule has 4 rings (SSSR count). The molecule has 2 aromatic carbocycles. The lowest BCUT2D eigenvalue weighted by atomic mass is 9.96. The quantitative estimate of drug-likeness (QED) is 0.662. The van der Waals surface area contributed by atoms with Crippen LogP contribution < -0.4 is 0 Å². The summed E-state index contributed by atoms with van der Waals surface area (Å²) in [5, 5.41) is 9.31. The smallest absolute Gasteiger partial charge is 0.226 e. The predicted octanol–water partition coefficient (Wildman–Crippen LogP) is 4.57. The van der Waals surface area contributed by atoms with Crippen molar-refractivity contribution < 1.29 is 9.21 Å². The molecule has 1 aliphatic carbocycles. The number of benzene rings is 2. The van der Waals surface area contributed by atoms with E-state index in [1.807, 2.05) is 24.3 Å². The van der Waals surface area contributed by atoms with Crippen molar-refractivity contribution in [1.29, 1.82) is 5.26 Å². The molecule has 1 aromatic heterocycles. The summed E-state index contributed by atoms with van der Waals surface area (Å²) in [6.45, 7) is 0. The molecule has 0 aliphatic heterocycles. The van der Waals surface area contributed by atoms with Gasteiger partial charge < -0.3 is 4.42 Å². The lowest BCUT2D eigenvalue weighted by molar-refractivity contribution is 0.112. The molecule has 0 saturated heterocycles. The van der Waals surface area contributed by atoms with Crippen molar-refractivity contribution in [3.63, 3.8) is 0 Å². The molecule has 0 atom stereocenters. The van der Waals surface area contributed by atoms with E-state index in [0.29, 0.717) is 22.9 Å². The van der Waals surface area contributed by atoms with E-state index >= 15 is 0 Å². The molecular weight excluding hydrogens is 300 g/mol. The molecule has 116 valence electrons. The highest BCUT2D eigenvalue weighted by atomic mass is 16.4. The second-order valence-corrected chi connectivity index (χ2v) is 5.96. The van der Waals surface area contributed by atoms with Crippen molar-refractivity contribution in [2.75, 3.05) is 0 Å². The van der Waals surface area contributed by atoms with Crippen LogP contribution in [0.1, 0.15) is 40.4 Å². The summed E-state index contributed by atoms with van der Waals surface area (Å²) in [6, 6.07) is 15.0. The Kier molecular flexibility index (Phi) is 3.47. The van der Waals surface area contributed by atoms with Crippen molar-refractivity contribution in [2.45, 2.75) is 18.8 Å². The number of nitriles is 1. The molecule has 4 nitrogen and oxygen atoms in total. The maximum atomic E-state index is 11.3. The van der Waals surface area contributed by atoms with E-state index in [-0.39, 0.29) is 0 Å². The van der Waals surface area contributed by atoms with Gasteiger partial charge in [0.25, 0.3) is 0 Å².